The lowest BCUT2D eigenvalue weighted by atomic mass is 10.2. The number of pyridine rings is 1. The first-order valence-electron chi connectivity index (χ1n) is 6.06. The Labute approximate surface area is 119 Å². The third-order valence-corrected chi connectivity index (χ3v) is 2.94. The van der Waals surface area contributed by atoms with Crippen LogP contribution in [0.15, 0.2) is 22.7 Å². The van der Waals surface area contributed by atoms with Crippen molar-refractivity contribution in [1.29, 1.82) is 0 Å². The van der Waals surface area contributed by atoms with E-state index in [1.54, 1.807) is 19.9 Å². The monoisotopic (exact) mass is 291 g/mol. The lowest BCUT2D eigenvalue weighted by molar-refractivity contribution is -0.384. The van der Waals surface area contributed by atoms with Crippen molar-refractivity contribution >= 4 is 17.5 Å². The van der Waals surface area contributed by atoms with Gasteiger partial charge in [0, 0.05) is 11.8 Å². The van der Waals surface area contributed by atoms with Gasteiger partial charge in [-0.2, -0.15) is 0 Å². The van der Waals surface area contributed by atoms with Crippen LogP contribution in [0.3, 0.4) is 0 Å². The average molecular weight is 291 g/mol. The normalized spacial score (nSPS) is 10.4. The summed E-state index contributed by atoms with van der Waals surface area (Å²) in [5.74, 6) is -0.318. The molecular formula is C13H13N3O5. The molecule has 0 aromatic carbocycles. The SMILES string of the molecule is Cc1ccnc(NCc2cc(C(=O)O)c(C)o2)c1[N+](=O)[O-]. The van der Waals surface area contributed by atoms with Gasteiger partial charge in [0.2, 0.25) is 5.82 Å². The van der Waals surface area contributed by atoms with E-state index >= 15 is 0 Å². The number of anilines is 1. The maximum atomic E-state index is 11.0. The van der Waals surface area contributed by atoms with Crippen LogP contribution in [0.1, 0.15) is 27.4 Å². The van der Waals surface area contributed by atoms with Gasteiger partial charge < -0.3 is 14.8 Å². The van der Waals surface area contributed by atoms with Crippen molar-refractivity contribution in [3.63, 3.8) is 0 Å². The van der Waals surface area contributed by atoms with Gasteiger partial charge in [-0.15, -0.1) is 0 Å². The number of carboxylic acid groups (broad SMARTS) is 1. The van der Waals surface area contributed by atoms with Gasteiger partial charge in [-0.05, 0) is 26.0 Å². The Morgan fingerprint density at radius 3 is 2.81 bits per heavy atom. The molecule has 0 spiro atoms. The van der Waals surface area contributed by atoms with E-state index in [4.69, 9.17) is 9.52 Å². The van der Waals surface area contributed by atoms with Crippen LogP contribution >= 0.6 is 0 Å². The lowest BCUT2D eigenvalue weighted by Gasteiger charge is -2.05. The van der Waals surface area contributed by atoms with Crippen molar-refractivity contribution in [3.05, 3.63) is 51.1 Å². The van der Waals surface area contributed by atoms with Crippen molar-refractivity contribution < 1.29 is 19.2 Å². The van der Waals surface area contributed by atoms with Gasteiger partial charge in [0.25, 0.3) is 0 Å². The minimum Gasteiger partial charge on any atom is -0.478 e. The number of nitrogens with zero attached hydrogens (tertiary/aromatic N) is 2. The fraction of sp³-hybridized carbons (Fsp3) is 0.231. The van der Waals surface area contributed by atoms with Crippen LogP contribution in [0, 0.1) is 24.0 Å². The second-order valence-electron chi connectivity index (χ2n) is 4.42. The minimum absolute atomic E-state index is 0.0681. The molecule has 0 unspecified atom stereocenters. The molecule has 2 N–H and O–H groups in total. The Morgan fingerprint density at radius 1 is 1.52 bits per heavy atom. The van der Waals surface area contributed by atoms with Crippen LogP contribution in [0.2, 0.25) is 0 Å². The fourth-order valence-electron chi connectivity index (χ4n) is 1.92. The molecule has 0 radical (unpaired) electrons. The zero-order valence-corrected chi connectivity index (χ0v) is 11.4. The highest BCUT2D eigenvalue weighted by Gasteiger charge is 2.19. The highest BCUT2D eigenvalue weighted by molar-refractivity contribution is 5.88. The van der Waals surface area contributed by atoms with Gasteiger partial charge in [-0.3, -0.25) is 10.1 Å². The van der Waals surface area contributed by atoms with Crippen LogP contribution in [0.4, 0.5) is 11.5 Å². The Balaban J connectivity index is 2.21. The quantitative estimate of drug-likeness (QED) is 0.641. The largest absolute Gasteiger partial charge is 0.478 e. The number of aryl methyl sites for hydroxylation is 2. The van der Waals surface area contributed by atoms with Crippen molar-refractivity contribution in [2.75, 3.05) is 5.32 Å². The van der Waals surface area contributed by atoms with Crippen LogP contribution in [-0.2, 0) is 6.54 Å². The summed E-state index contributed by atoms with van der Waals surface area (Å²) < 4.78 is 5.29. The van der Waals surface area contributed by atoms with Crippen LogP contribution in [0.5, 0.6) is 0 Å². The van der Waals surface area contributed by atoms with E-state index < -0.39 is 10.9 Å². The molecule has 0 aliphatic carbocycles. The van der Waals surface area contributed by atoms with Crippen LogP contribution in [-0.4, -0.2) is 21.0 Å². The summed E-state index contributed by atoms with van der Waals surface area (Å²) >= 11 is 0. The standard InChI is InChI=1S/C13H13N3O5/c1-7-3-4-14-12(11(7)16(19)20)15-6-9-5-10(13(17)18)8(2)21-9/h3-5H,6H2,1-2H3,(H,14,15)(H,17,18). The zero-order valence-electron chi connectivity index (χ0n) is 11.4. The number of nitrogens with one attached hydrogen (secondary N) is 1. The number of hydrogen-bond donors (Lipinski definition) is 2. The third kappa shape index (κ3) is 2.99. The average Bonchev–Trinajstić information content (AvgIpc) is 2.77. The number of rotatable bonds is 5. The zero-order chi connectivity index (χ0) is 15.6. The maximum Gasteiger partial charge on any atom is 0.339 e. The summed E-state index contributed by atoms with van der Waals surface area (Å²) in [6, 6.07) is 2.93. The van der Waals surface area contributed by atoms with Crippen LogP contribution in [0.25, 0.3) is 0 Å². The molecule has 0 amide bonds. The Hall–Kier alpha value is -2.90. The number of furan rings is 1. The van der Waals surface area contributed by atoms with Crippen molar-refractivity contribution in [2.24, 2.45) is 0 Å². The number of aromatic carboxylic acids is 1. The number of aromatic nitrogens is 1. The Bertz CT molecular complexity index is 708. The molecule has 0 fully saturated rings. The molecule has 2 aromatic rings. The summed E-state index contributed by atoms with van der Waals surface area (Å²) in [7, 11) is 0. The predicted octanol–water partition coefficient (Wildman–Crippen LogP) is 2.51. The molecule has 2 rings (SSSR count). The van der Waals surface area contributed by atoms with E-state index in [2.05, 4.69) is 10.3 Å². The summed E-state index contributed by atoms with van der Waals surface area (Å²) in [4.78, 5) is 25.4. The van der Waals surface area contributed by atoms with E-state index in [-0.39, 0.29) is 29.4 Å². The molecule has 0 atom stereocenters. The Morgan fingerprint density at radius 2 is 2.24 bits per heavy atom. The van der Waals surface area contributed by atoms with Gasteiger partial charge in [0.1, 0.15) is 17.1 Å². The van der Waals surface area contributed by atoms with Crippen molar-refractivity contribution in [2.45, 2.75) is 20.4 Å². The molecule has 0 aliphatic rings. The lowest BCUT2D eigenvalue weighted by Crippen LogP contribution is -2.05. The van der Waals surface area contributed by atoms with Gasteiger partial charge in [0.15, 0.2) is 0 Å². The molecule has 0 bridgehead atoms. The van der Waals surface area contributed by atoms with E-state index in [0.29, 0.717) is 11.3 Å². The molecule has 0 aliphatic heterocycles. The van der Waals surface area contributed by atoms with E-state index in [1.807, 2.05) is 0 Å². The first kappa shape index (κ1) is 14.5. The molecule has 2 heterocycles. The fourth-order valence-corrected chi connectivity index (χ4v) is 1.92. The molecule has 21 heavy (non-hydrogen) atoms. The first-order chi connectivity index (χ1) is 9.90. The van der Waals surface area contributed by atoms with Crippen molar-refractivity contribution in [1.82, 2.24) is 4.98 Å². The van der Waals surface area contributed by atoms with E-state index in [0.717, 1.165) is 0 Å². The molecule has 8 heteroatoms. The number of hydrogen-bond acceptors (Lipinski definition) is 6. The summed E-state index contributed by atoms with van der Waals surface area (Å²) in [5, 5.41) is 22.8. The molecule has 110 valence electrons. The smallest absolute Gasteiger partial charge is 0.339 e. The molecule has 8 nitrogen and oxygen atoms in total. The van der Waals surface area contributed by atoms with Crippen LogP contribution < -0.4 is 5.32 Å². The van der Waals surface area contributed by atoms with Gasteiger partial charge in [-0.1, -0.05) is 0 Å². The number of carboxylic acids is 1. The highest BCUT2D eigenvalue weighted by atomic mass is 16.6. The summed E-state index contributed by atoms with van der Waals surface area (Å²) in [5.41, 5.74) is 0.442. The minimum atomic E-state index is -1.08. The molecule has 0 saturated carbocycles. The summed E-state index contributed by atoms with van der Waals surface area (Å²) in [6.45, 7) is 3.26. The van der Waals surface area contributed by atoms with Crippen molar-refractivity contribution in [3.8, 4) is 0 Å². The molecule has 2 aromatic heterocycles. The maximum absolute atomic E-state index is 11.0. The Kier molecular flexibility index (Phi) is 3.88. The molecular weight excluding hydrogens is 278 g/mol. The molecule has 0 saturated heterocycles. The topological polar surface area (TPSA) is 118 Å². The van der Waals surface area contributed by atoms with E-state index in [9.17, 15) is 14.9 Å². The van der Waals surface area contributed by atoms with E-state index in [1.165, 1.54) is 12.3 Å². The number of carbonyl (C=O) groups is 1. The second kappa shape index (κ2) is 5.61. The van der Waals surface area contributed by atoms with Gasteiger partial charge in [-0.25, -0.2) is 9.78 Å². The highest BCUT2D eigenvalue weighted by Crippen LogP contribution is 2.26. The van der Waals surface area contributed by atoms with Gasteiger partial charge in [0.05, 0.1) is 11.5 Å². The number of nitro groups is 1. The van der Waals surface area contributed by atoms with Gasteiger partial charge >= 0.3 is 11.7 Å². The first-order valence-corrected chi connectivity index (χ1v) is 6.06. The second-order valence-corrected chi connectivity index (χ2v) is 4.42. The third-order valence-electron chi connectivity index (χ3n) is 2.94. The predicted molar refractivity (Wildman–Crippen MR) is 73.4 cm³/mol. The summed E-state index contributed by atoms with van der Waals surface area (Å²) in [6.07, 6.45) is 1.46.